The summed E-state index contributed by atoms with van der Waals surface area (Å²) in [6.07, 6.45) is 1.41. The van der Waals surface area contributed by atoms with Gasteiger partial charge in [-0.05, 0) is 34.5 Å². The van der Waals surface area contributed by atoms with Crippen LogP contribution in [-0.2, 0) is 11.2 Å². The smallest absolute Gasteiger partial charge is 0.124 e. The molecule has 2 nitrogen and oxygen atoms in total. The summed E-state index contributed by atoms with van der Waals surface area (Å²) in [6.45, 7) is 0. The molecule has 0 radical (unpaired) electrons. The van der Waals surface area contributed by atoms with Crippen LogP contribution in [0.15, 0.2) is 23.6 Å². The van der Waals surface area contributed by atoms with Gasteiger partial charge in [-0.25, -0.2) is 0 Å². The molecule has 3 heteroatoms. The lowest BCUT2D eigenvalue weighted by Crippen LogP contribution is -1.84. The topological polar surface area (TPSA) is 26.3 Å². The Morgan fingerprint density at radius 3 is 3.07 bits per heavy atom. The minimum Gasteiger partial charge on any atom is -0.497 e. The highest BCUT2D eigenvalue weighted by Gasteiger charge is 2.04. The number of hydrogen-bond donors (Lipinski definition) is 0. The summed E-state index contributed by atoms with van der Waals surface area (Å²) in [4.78, 5) is 10.4. The molecular weight excluding hydrogens is 196 g/mol. The Hall–Kier alpha value is -1.35. The fourth-order valence-corrected chi connectivity index (χ4v) is 2.39. The van der Waals surface area contributed by atoms with Gasteiger partial charge in [0, 0.05) is 11.1 Å². The van der Waals surface area contributed by atoms with Crippen LogP contribution in [0.5, 0.6) is 5.75 Å². The van der Waals surface area contributed by atoms with Gasteiger partial charge in [-0.15, -0.1) is 11.3 Å². The van der Waals surface area contributed by atoms with E-state index in [-0.39, 0.29) is 0 Å². The monoisotopic (exact) mass is 206 g/mol. The van der Waals surface area contributed by atoms with Crippen molar-refractivity contribution in [3.8, 4) is 5.75 Å². The highest BCUT2D eigenvalue weighted by molar-refractivity contribution is 7.17. The molecule has 1 aromatic heterocycles. The maximum atomic E-state index is 10.4. The molecule has 0 fully saturated rings. The lowest BCUT2D eigenvalue weighted by atomic mass is 10.1. The van der Waals surface area contributed by atoms with Crippen LogP contribution in [0.25, 0.3) is 10.1 Å². The molecule has 2 aromatic rings. The Balaban J connectivity index is 2.57. The van der Waals surface area contributed by atoms with Gasteiger partial charge in [-0.1, -0.05) is 0 Å². The molecular formula is C11H10O2S. The Labute approximate surface area is 86.1 Å². The van der Waals surface area contributed by atoms with E-state index in [1.807, 2.05) is 23.6 Å². The zero-order valence-corrected chi connectivity index (χ0v) is 8.64. The summed E-state index contributed by atoms with van der Waals surface area (Å²) in [5.74, 6) is 0.836. The van der Waals surface area contributed by atoms with Crippen LogP contribution in [0, 0.1) is 0 Å². The first kappa shape index (κ1) is 9.21. The molecule has 0 aliphatic heterocycles. The predicted octanol–water partition coefficient (Wildman–Crippen LogP) is 2.65. The van der Waals surface area contributed by atoms with Gasteiger partial charge >= 0.3 is 0 Å². The van der Waals surface area contributed by atoms with Gasteiger partial charge in [0.05, 0.1) is 7.11 Å². The van der Waals surface area contributed by atoms with Crippen LogP contribution in [0.2, 0.25) is 0 Å². The minimum absolute atomic E-state index is 0.479. The SMILES string of the molecule is COc1ccc2scc(CC=O)c2c1. The molecule has 2 rings (SSSR count). The summed E-state index contributed by atoms with van der Waals surface area (Å²) in [7, 11) is 1.65. The van der Waals surface area contributed by atoms with Gasteiger partial charge in [0.2, 0.25) is 0 Å². The zero-order chi connectivity index (χ0) is 9.97. The van der Waals surface area contributed by atoms with E-state index >= 15 is 0 Å². The maximum absolute atomic E-state index is 10.4. The number of thiophene rings is 1. The number of fused-ring (bicyclic) bond motifs is 1. The van der Waals surface area contributed by atoms with Crippen LogP contribution in [-0.4, -0.2) is 13.4 Å². The maximum Gasteiger partial charge on any atom is 0.124 e. The van der Waals surface area contributed by atoms with Crippen molar-refractivity contribution in [1.82, 2.24) is 0 Å². The first-order chi connectivity index (χ1) is 6.85. The average molecular weight is 206 g/mol. The Morgan fingerprint density at radius 1 is 1.50 bits per heavy atom. The quantitative estimate of drug-likeness (QED) is 0.722. The largest absolute Gasteiger partial charge is 0.497 e. The van der Waals surface area contributed by atoms with Crippen LogP contribution in [0.4, 0.5) is 0 Å². The summed E-state index contributed by atoms with van der Waals surface area (Å²) >= 11 is 1.66. The lowest BCUT2D eigenvalue weighted by Gasteiger charge is -1.99. The molecule has 0 spiro atoms. The molecule has 0 N–H and O–H groups in total. The van der Waals surface area contributed by atoms with Gasteiger partial charge in [0.15, 0.2) is 0 Å². The molecule has 14 heavy (non-hydrogen) atoms. The fourth-order valence-electron chi connectivity index (χ4n) is 1.44. The van der Waals surface area contributed by atoms with Crippen molar-refractivity contribution in [2.75, 3.05) is 7.11 Å². The molecule has 1 heterocycles. The van der Waals surface area contributed by atoms with Crippen molar-refractivity contribution in [1.29, 1.82) is 0 Å². The number of carbonyl (C=O) groups is 1. The van der Waals surface area contributed by atoms with Gasteiger partial charge in [-0.3, -0.25) is 0 Å². The van der Waals surface area contributed by atoms with Gasteiger partial charge in [0.1, 0.15) is 12.0 Å². The molecule has 0 saturated carbocycles. The number of benzene rings is 1. The number of carbonyl (C=O) groups excluding carboxylic acids is 1. The molecule has 0 aliphatic rings. The number of aldehydes is 1. The van der Waals surface area contributed by atoms with Crippen LogP contribution < -0.4 is 4.74 Å². The van der Waals surface area contributed by atoms with Crippen molar-refractivity contribution in [2.45, 2.75) is 6.42 Å². The van der Waals surface area contributed by atoms with Crippen molar-refractivity contribution in [3.05, 3.63) is 29.1 Å². The second-order valence-electron chi connectivity index (χ2n) is 2.99. The van der Waals surface area contributed by atoms with Crippen LogP contribution >= 0.6 is 11.3 Å². The number of rotatable bonds is 3. The molecule has 0 saturated heterocycles. The van der Waals surface area contributed by atoms with E-state index in [1.165, 1.54) is 4.70 Å². The molecule has 0 bridgehead atoms. The third kappa shape index (κ3) is 1.51. The van der Waals surface area contributed by atoms with E-state index in [1.54, 1.807) is 18.4 Å². The van der Waals surface area contributed by atoms with Crippen molar-refractivity contribution >= 4 is 27.7 Å². The normalized spacial score (nSPS) is 10.4. The number of methoxy groups -OCH3 is 1. The van der Waals surface area contributed by atoms with E-state index in [0.29, 0.717) is 6.42 Å². The fraction of sp³-hybridized carbons (Fsp3) is 0.182. The van der Waals surface area contributed by atoms with Crippen LogP contribution in [0.1, 0.15) is 5.56 Å². The van der Waals surface area contributed by atoms with E-state index in [2.05, 4.69) is 0 Å². The number of hydrogen-bond acceptors (Lipinski definition) is 3. The Bertz CT molecular complexity index is 459. The summed E-state index contributed by atoms with van der Waals surface area (Å²) in [5.41, 5.74) is 1.08. The van der Waals surface area contributed by atoms with E-state index in [9.17, 15) is 4.79 Å². The molecule has 0 amide bonds. The standard InChI is InChI=1S/C11H10O2S/c1-13-9-2-3-11-10(6-9)8(4-5-12)7-14-11/h2-3,5-7H,4H2,1H3. The van der Waals surface area contributed by atoms with Crippen molar-refractivity contribution < 1.29 is 9.53 Å². The van der Waals surface area contributed by atoms with E-state index in [0.717, 1.165) is 23.0 Å². The third-order valence-corrected chi connectivity index (χ3v) is 3.18. The van der Waals surface area contributed by atoms with Crippen molar-refractivity contribution in [3.63, 3.8) is 0 Å². The van der Waals surface area contributed by atoms with Crippen molar-refractivity contribution in [2.24, 2.45) is 0 Å². The Kier molecular flexibility index (Phi) is 2.50. The molecule has 1 aromatic carbocycles. The number of ether oxygens (including phenoxy) is 1. The molecule has 0 aliphatic carbocycles. The highest BCUT2D eigenvalue weighted by Crippen LogP contribution is 2.29. The molecule has 0 unspecified atom stereocenters. The van der Waals surface area contributed by atoms with Gasteiger partial charge in [0.25, 0.3) is 0 Å². The Morgan fingerprint density at radius 2 is 2.36 bits per heavy atom. The highest BCUT2D eigenvalue weighted by atomic mass is 32.1. The first-order valence-corrected chi connectivity index (χ1v) is 5.21. The zero-order valence-electron chi connectivity index (χ0n) is 7.82. The second kappa shape index (κ2) is 3.80. The summed E-state index contributed by atoms with van der Waals surface area (Å²) in [6, 6.07) is 5.93. The molecule has 72 valence electrons. The predicted molar refractivity (Wildman–Crippen MR) is 58.1 cm³/mol. The molecule has 0 atom stereocenters. The van der Waals surface area contributed by atoms with Gasteiger partial charge < -0.3 is 9.53 Å². The average Bonchev–Trinajstić information content (AvgIpc) is 2.61. The van der Waals surface area contributed by atoms with E-state index in [4.69, 9.17) is 4.74 Å². The van der Waals surface area contributed by atoms with Gasteiger partial charge in [-0.2, -0.15) is 0 Å². The second-order valence-corrected chi connectivity index (χ2v) is 3.91. The third-order valence-electron chi connectivity index (χ3n) is 2.16. The minimum atomic E-state index is 0.479. The van der Waals surface area contributed by atoms with Crippen LogP contribution in [0.3, 0.4) is 0 Å². The first-order valence-electron chi connectivity index (χ1n) is 4.33. The summed E-state index contributed by atoms with van der Waals surface area (Å²) < 4.78 is 6.34. The lowest BCUT2D eigenvalue weighted by molar-refractivity contribution is -0.107. The summed E-state index contributed by atoms with van der Waals surface area (Å²) in [5, 5.41) is 3.15. The van der Waals surface area contributed by atoms with E-state index < -0.39 is 0 Å².